The van der Waals surface area contributed by atoms with E-state index in [4.69, 9.17) is 0 Å². The summed E-state index contributed by atoms with van der Waals surface area (Å²) in [6, 6.07) is 33.2. The Morgan fingerprint density at radius 2 is 1.00 bits per heavy atom. The third kappa shape index (κ3) is 7.26. The molecule has 48 heavy (non-hydrogen) atoms. The molecular formula is C44H55Cl2SiZr. The maximum Gasteiger partial charge on any atom is -0.147 e. The molecule has 0 bridgehead atoms. The van der Waals surface area contributed by atoms with Crippen molar-refractivity contribution in [3.63, 3.8) is 0 Å². The Balaban J connectivity index is 0.00000260. The second kappa shape index (κ2) is 14.7. The summed E-state index contributed by atoms with van der Waals surface area (Å²) in [5.74, 6) is -0.393. The maximum atomic E-state index is 2.68. The summed E-state index contributed by atoms with van der Waals surface area (Å²) in [5, 5.41) is 0. The molecule has 2 unspecified atom stereocenters. The first-order chi connectivity index (χ1) is 21.7. The molecule has 0 nitrogen and oxygen atoms in total. The summed E-state index contributed by atoms with van der Waals surface area (Å²) in [6.45, 7) is 26.5. The Hall–Kier alpha value is -1.96. The van der Waals surface area contributed by atoms with Crippen LogP contribution in [0.5, 0.6) is 0 Å². The van der Waals surface area contributed by atoms with Gasteiger partial charge in [-0.3, -0.25) is 0 Å². The molecule has 0 spiro atoms. The Bertz CT molecular complexity index is 1820. The van der Waals surface area contributed by atoms with Gasteiger partial charge in [-0.1, -0.05) is 0 Å². The van der Waals surface area contributed by atoms with Crippen molar-refractivity contribution < 1.29 is 20.9 Å². The summed E-state index contributed by atoms with van der Waals surface area (Å²) in [5.41, 5.74) is 18.2. The van der Waals surface area contributed by atoms with Crippen LogP contribution in [0.4, 0.5) is 0 Å². The van der Waals surface area contributed by atoms with Crippen LogP contribution in [0.3, 0.4) is 0 Å². The number of hydrogen-bond donors (Lipinski definition) is 0. The van der Waals surface area contributed by atoms with Crippen LogP contribution in [-0.2, 0) is 31.7 Å². The summed E-state index contributed by atoms with van der Waals surface area (Å²) in [7, 11) is 0. The molecule has 0 saturated carbocycles. The molecule has 2 atom stereocenters. The third-order valence-corrected chi connectivity index (χ3v) is 32.4. The second-order valence-corrected chi connectivity index (χ2v) is 36.5. The minimum atomic E-state index is -2.16. The van der Waals surface area contributed by atoms with Gasteiger partial charge in [-0.25, -0.2) is 0 Å². The largest absolute Gasteiger partial charge is 0.147 e. The van der Waals surface area contributed by atoms with E-state index in [1.807, 2.05) is 0 Å². The van der Waals surface area contributed by atoms with Crippen LogP contribution in [-0.4, -0.2) is 5.92 Å². The molecule has 0 saturated heterocycles. The van der Waals surface area contributed by atoms with Gasteiger partial charge in [0.1, 0.15) is 0 Å². The predicted molar refractivity (Wildman–Crippen MR) is 216 cm³/mol. The van der Waals surface area contributed by atoms with Gasteiger partial charge in [0.05, 0.1) is 0 Å². The SMILES string of the molecule is CC1=Cc2c(-c3ccc(C(C)(C)C)cc3)cccc2[CH]1[Zr]([CH]1C(C(C)C)=Cc2c(-c3ccc(C(C)(C)C)cc3)cccc21)[SiH](C)C.Cl.Cl. The van der Waals surface area contributed by atoms with Gasteiger partial charge in [0.2, 0.25) is 0 Å². The number of hydrogen-bond acceptors (Lipinski definition) is 0. The zero-order valence-corrected chi connectivity index (χ0v) is 36.1. The average molecular weight is 774 g/mol. The van der Waals surface area contributed by atoms with Crippen LogP contribution < -0.4 is 0 Å². The van der Waals surface area contributed by atoms with Crippen LogP contribution >= 0.6 is 24.8 Å². The Morgan fingerprint density at radius 3 is 1.40 bits per heavy atom. The van der Waals surface area contributed by atoms with E-state index >= 15 is 0 Å². The summed E-state index contributed by atoms with van der Waals surface area (Å²) in [6.07, 6.45) is 5.21. The molecule has 6 rings (SSSR count). The van der Waals surface area contributed by atoms with Gasteiger partial charge in [0, 0.05) is 0 Å². The number of fused-ring (bicyclic) bond motifs is 2. The summed E-state index contributed by atoms with van der Waals surface area (Å²) >= 11 is -2.16. The first-order valence-corrected chi connectivity index (χ1v) is 27.4. The molecule has 253 valence electrons. The molecule has 0 aromatic heterocycles. The van der Waals surface area contributed by atoms with Gasteiger partial charge in [-0.05, 0) is 0 Å². The Morgan fingerprint density at radius 1 is 0.583 bits per heavy atom. The molecule has 2 aliphatic rings. The minimum absolute atomic E-state index is 0. The zero-order chi connectivity index (χ0) is 33.1. The van der Waals surface area contributed by atoms with Crippen molar-refractivity contribution in [2.45, 2.75) is 93.5 Å². The van der Waals surface area contributed by atoms with Crippen molar-refractivity contribution in [1.82, 2.24) is 0 Å². The van der Waals surface area contributed by atoms with E-state index in [0.717, 1.165) is 0 Å². The fourth-order valence-corrected chi connectivity index (χ4v) is 31.2. The van der Waals surface area contributed by atoms with Crippen LogP contribution in [0.1, 0.15) is 103 Å². The number of allylic oxidation sites excluding steroid dienone is 2. The van der Waals surface area contributed by atoms with Crippen molar-refractivity contribution in [2.24, 2.45) is 5.92 Å². The van der Waals surface area contributed by atoms with E-state index in [1.165, 1.54) is 44.5 Å². The molecule has 0 amide bonds. The average Bonchev–Trinajstić information content (AvgIpc) is 3.54. The van der Waals surface area contributed by atoms with Crippen molar-refractivity contribution in [3.05, 3.63) is 129 Å². The van der Waals surface area contributed by atoms with E-state index in [1.54, 1.807) is 22.3 Å². The number of benzene rings is 4. The fraction of sp³-hybridized carbons (Fsp3) is 0.364. The minimum Gasteiger partial charge on any atom is -0.147 e. The molecule has 2 aliphatic carbocycles. The molecule has 0 N–H and O–H groups in total. The number of halogens is 2. The van der Waals surface area contributed by atoms with E-state index in [2.05, 4.69) is 172 Å². The molecule has 0 aliphatic heterocycles. The molecule has 4 heteroatoms. The molecule has 0 radical (unpaired) electrons. The van der Waals surface area contributed by atoms with Gasteiger partial charge in [0.15, 0.2) is 0 Å². The van der Waals surface area contributed by atoms with Crippen molar-refractivity contribution in [2.75, 3.05) is 0 Å². The van der Waals surface area contributed by atoms with E-state index in [0.29, 0.717) is 13.2 Å². The fourth-order valence-electron chi connectivity index (χ4n) is 7.93. The number of rotatable bonds is 6. The normalized spacial score (nSPS) is 16.9. The van der Waals surface area contributed by atoms with Gasteiger partial charge < -0.3 is 0 Å². The van der Waals surface area contributed by atoms with Gasteiger partial charge in [-0.2, -0.15) is 0 Å². The van der Waals surface area contributed by atoms with Crippen LogP contribution in [0, 0.1) is 5.92 Å². The standard InChI is InChI=1S/C22H25.C20H21.C2H7Si.2ClH.Zr/c1-15(2)18-13-17-7-6-8-20(21(17)14-18)16-9-11-19(12-10-16)22(3,4)5;1-14-12-16-6-5-7-18(19(16)13-14)15-8-10-17(11-9-15)20(2,3)4;1-3-2;;;/h6-15H,1-5H3;5-13H,1-4H3;3H,1-2H3;2*1H;. The maximum absolute atomic E-state index is 2.68. The molecule has 0 heterocycles. The second-order valence-electron chi connectivity index (χ2n) is 16.5. The smallest absolute Gasteiger partial charge is 0.147 e. The van der Waals surface area contributed by atoms with Gasteiger partial charge in [-0.15, -0.1) is 24.8 Å². The first kappa shape index (κ1) is 38.8. The van der Waals surface area contributed by atoms with Gasteiger partial charge in [0.25, 0.3) is 0 Å². The molecule has 0 fully saturated rings. The summed E-state index contributed by atoms with van der Waals surface area (Å²) in [4.78, 5) is 0. The Labute approximate surface area is 312 Å². The Kier molecular flexibility index (Phi) is 11.9. The van der Waals surface area contributed by atoms with Crippen molar-refractivity contribution >= 4 is 42.9 Å². The van der Waals surface area contributed by atoms with E-state index in [9.17, 15) is 0 Å². The summed E-state index contributed by atoms with van der Waals surface area (Å²) < 4.78 is 1.29. The third-order valence-electron chi connectivity index (χ3n) is 10.5. The quantitative estimate of drug-likeness (QED) is 0.171. The zero-order valence-electron chi connectivity index (χ0n) is 30.9. The monoisotopic (exact) mass is 771 g/mol. The topological polar surface area (TPSA) is 0 Å². The predicted octanol–water partition coefficient (Wildman–Crippen LogP) is 13.3. The molecular weight excluding hydrogens is 719 g/mol. The van der Waals surface area contributed by atoms with Crippen molar-refractivity contribution in [3.8, 4) is 22.3 Å². The van der Waals surface area contributed by atoms with E-state index in [-0.39, 0.29) is 35.6 Å². The molecule has 4 aromatic rings. The van der Waals surface area contributed by atoms with Crippen LogP contribution in [0.15, 0.2) is 96.1 Å². The first-order valence-electron chi connectivity index (χ1n) is 17.4. The van der Waals surface area contributed by atoms with Crippen molar-refractivity contribution in [1.29, 1.82) is 0 Å². The molecule has 4 aromatic carbocycles. The van der Waals surface area contributed by atoms with E-state index < -0.39 is 26.8 Å². The van der Waals surface area contributed by atoms with Gasteiger partial charge >= 0.3 is 290 Å². The van der Waals surface area contributed by atoms with Crippen LogP contribution in [0.25, 0.3) is 34.4 Å². The van der Waals surface area contributed by atoms with Crippen LogP contribution in [0.2, 0.25) is 13.1 Å².